The lowest BCUT2D eigenvalue weighted by Gasteiger charge is -2.39. The molecular formula is C24H24F3N5O5. The van der Waals surface area contributed by atoms with Gasteiger partial charge < -0.3 is 14.5 Å². The molecule has 1 saturated heterocycles. The summed E-state index contributed by atoms with van der Waals surface area (Å²) in [6.45, 7) is 3.12. The summed E-state index contributed by atoms with van der Waals surface area (Å²) in [5.74, 6) is -2.44. The van der Waals surface area contributed by atoms with E-state index in [0.29, 0.717) is 37.4 Å². The first-order valence-electron chi connectivity index (χ1n) is 11.5. The van der Waals surface area contributed by atoms with Crippen LogP contribution >= 0.6 is 0 Å². The molecule has 10 nitrogen and oxygen atoms in total. The van der Waals surface area contributed by atoms with Gasteiger partial charge in [0.1, 0.15) is 6.04 Å². The Labute approximate surface area is 209 Å². The molecule has 2 aromatic carbocycles. The lowest BCUT2D eigenvalue weighted by atomic mass is 9.91. The largest absolute Gasteiger partial charge is 0.465 e. The molecule has 2 aliphatic heterocycles. The minimum atomic E-state index is -4.44. The molecule has 0 spiro atoms. The van der Waals surface area contributed by atoms with Crippen LogP contribution in [0.3, 0.4) is 0 Å². The minimum absolute atomic E-state index is 0.0592. The van der Waals surface area contributed by atoms with Crippen molar-refractivity contribution in [3.63, 3.8) is 0 Å². The maximum absolute atomic E-state index is 13.1. The van der Waals surface area contributed by atoms with Gasteiger partial charge in [-0.25, -0.2) is 4.99 Å². The minimum Gasteiger partial charge on any atom is -0.465 e. The lowest BCUT2D eigenvalue weighted by Crippen LogP contribution is -2.57. The number of nitro groups is 1. The van der Waals surface area contributed by atoms with E-state index in [-0.39, 0.29) is 18.3 Å². The molecule has 1 N–H and O–H groups in total. The number of halogens is 3. The third-order valence-electron chi connectivity index (χ3n) is 6.20. The van der Waals surface area contributed by atoms with Gasteiger partial charge in [0, 0.05) is 44.0 Å². The van der Waals surface area contributed by atoms with Crippen molar-refractivity contribution in [3.05, 3.63) is 69.8 Å². The van der Waals surface area contributed by atoms with Crippen LogP contribution in [0.15, 0.2) is 53.5 Å². The van der Waals surface area contributed by atoms with Crippen LogP contribution in [-0.4, -0.2) is 60.4 Å². The van der Waals surface area contributed by atoms with Gasteiger partial charge in [-0.1, -0.05) is 18.2 Å². The van der Waals surface area contributed by atoms with E-state index < -0.39 is 40.5 Å². The SMILES string of the molecule is CCOC(=O)[C@@H]1C(=O)NC(N2CCN(c3cccc(C(F)(F)F)c3)CC2)=N[C@H]1c1ccc([N+](=O)[O-])cc1. The number of amides is 1. The first kappa shape index (κ1) is 25.9. The van der Waals surface area contributed by atoms with Crippen LogP contribution in [0.5, 0.6) is 0 Å². The number of aliphatic imine (C=N–C) groups is 1. The van der Waals surface area contributed by atoms with Gasteiger partial charge in [-0.15, -0.1) is 0 Å². The van der Waals surface area contributed by atoms with E-state index in [1.54, 1.807) is 17.9 Å². The number of nitro benzene ring substituents is 1. The molecular weight excluding hydrogens is 495 g/mol. The van der Waals surface area contributed by atoms with Crippen molar-refractivity contribution in [2.75, 3.05) is 37.7 Å². The van der Waals surface area contributed by atoms with Crippen LogP contribution in [-0.2, 0) is 20.5 Å². The monoisotopic (exact) mass is 519 g/mol. The number of alkyl halides is 3. The van der Waals surface area contributed by atoms with E-state index in [9.17, 15) is 32.9 Å². The van der Waals surface area contributed by atoms with E-state index in [1.165, 1.54) is 30.3 Å². The van der Waals surface area contributed by atoms with Gasteiger partial charge in [-0.3, -0.25) is 25.0 Å². The summed E-state index contributed by atoms with van der Waals surface area (Å²) in [5.41, 5.74) is -0.00672. The third kappa shape index (κ3) is 5.65. The second kappa shape index (κ2) is 10.4. The molecule has 0 saturated carbocycles. The summed E-state index contributed by atoms with van der Waals surface area (Å²) >= 11 is 0. The number of non-ortho nitro benzene ring substituents is 1. The van der Waals surface area contributed by atoms with Crippen molar-refractivity contribution >= 4 is 29.2 Å². The fourth-order valence-corrected chi connectivity index (χ4v) is 4.31. The highest BCUT2D eigenvalue weighted by Gasteiger charge is 2.42. The van der Waals surface area contributed by atoms with Crippen molar-refractivity contribution in [3.8, 4) is 0 Å². The molecule has 0 aromatic heterocycles. The molecule has 2 aliphatic rings. The van der Waals surface area contributed by atoms with Crippen molar-refractivity contribution in [1.29, 1.82) is 0 Å². The molecule has 2 atom stereocenters. The molecule has 1 fully saturated rings. The second-order valence-electron chi connectivity index (χ2n) is 8.49. The first-order chi connectivity index (χ1) is 17.6. The van der Waals surface area contributed by atoms with Crippen LogP contribution in [0, 0.1) is 16.0 Å². The van der Waals surface area contributed by atoms with E-state index in [2.05, 4.69) is 10.3 Å². The number of hydrogen-bond acceptors (Lipinski definition) is 8. The van der Waals surface area contributed by atoms with E-state index in [4.69, 9.17) is 4.74 Å². The predicted molar refractivity (Wildman–Crippen MR) is 127 cm³/mol. The second-order valence-corrected chi connectivity index (χ2v) is 8.49. The van der Waals surface area contributed by atoms with Crippen molar-refractivity contribution < 1.29 is 32.4 Å². The van der Waals surface area contributed by atoms with Crippen LogP contribution in [0.2, 0.25) is 0 Å². The average molecular weight is 519 g/mol. The Bertz CT molecular complexity index is 1210. The normalized spacial score (nSPS) is 20.2. The molecule has 0 radical (unpaired) electrons. The summed E-state index contributed by atoms with van der Waals surface area (Å²) < 4.78 is 44.4. The quantitative estimate of drug-likeness (QED) is 0.279. The molecule has 0 aliphatic carbocycles. The van der Waals surface area contributed by atoms with Gasteiger partial charge in [0.25, 0.3) is 5.69 Å². The van der Waals surface area contributed by atoms with Crippen molar-refractivity contribution in [2.24, 2.45) is 10.9 Å². The van der Waals surface area contributed by atoms with Crippen LogP contribution in [0.25, 0.3) is 0 Å². The Kier molecular flexibility index (Phi) is 7.32. The standard InChI is InChI=1S/C24H24F3N5O5/c1-2-37-22(34)19-20(15-6-8-17(9-7-15)32(35)36)28-23(29-21(19)33)31-12-10-30(11-13-31)18-5-3-4-16(14-18)24(25,26)27/h3-9,14,19-20H,2,10-13H2,1H3,(H,28,29,33)/t19-,20-/m0/s1. The number of rotatable bonds is 5. The maximum Gasteiger partial charge on any atom is 0.416 e. The number of piperazine rings is 1. The Hall–Kier alpha value is -4.16. The number of carbonyl (C=O) groups is 2. The van der Waals surface area contributed by atoms with E-state index in [0.717, 1.165) is 12.1 Å². The number of ether oxygens (including phenoxy) is 1. The Morgan fingerprint density at radius 1 is 1.14 bits per heavy atom. The average Bonchev–Trinajstić information content (AvgIpc) is 2.88. The van der Waals surface area contributed by atoms with Gasteiger partial charge in [0.05, 0.1) is 17.1 Å². The zero-order valence-electron chi connectivity index (χ0n) is 19.8. The molecule has 37 heavy (non-hydrogen) atoms. The van der Waals surface area contributed by atoms with Gasteiger partial charge in [-0.2, -0.15) is 13.2 Å². The fourth-order valence-electron chi connectivity index (χ4n) is 4.31. The number of anilines is 1. The van der Waals surface area contributed by atoms with Crippen LogP contribution < -0.4 is 10.2 Å². The Morgan fingerprint density at radius 2 is 1.78 bits per heavy atom. The van der Waals surface area contributed by atoms with Crippen LogP contribution in [0.4, 0.5) is 24.5 Å². The molecule has 196 valence electrons. The summed E-state index contributed by atoms with van der Waals surface area (Å²) in [4.78, 5) is 44.2. The fraction of sp³-hybridized carbons (Fsp3) is 0.375. The van der Waals surface area contributed by atoms with Crippen molar-refractivity contribution in [2.45, 2.75) is 19.1 Å². The highest BCUT2D eigenvalue weighted by molar-refractivity contribution is 6.08. The predicted octanol–water partition coefficient (Wildman–Crippen LogP) is 3.14. The Balaban J connectivity index is 1.55. The van der Waals surface area contributed by atoms with Gasteiger partial charge >= 0.3 is 12.1 Å². The third-order valence-corrected chi connectivity index (χ3v) is 6.20. The molecule has 0 unspecified atom stereocenters. The highest BCUT2D eigenvalue weighted by Crippen LogP contribution is 2.33. The number of guanidine groups is 1. The van der Waals surface area contributed by atoms with Crippen molar-refractivity contribution in [1.82, 2.24) is 10.2 Å². The molecule has 13 heteroatoms. The van der Waals surface area contributed by atoms with E-state index >= 15 is 0 Å². The number of carbonyl (C=O) groups excluding carboxylic acids is 2. The smallest absolute Gasteiger partial charge is 0.416 e. The Morgan fingerprint density at radius 3 is 2.38 bits per heavy atom. The topological polar surface area (TPSA) is 117 Å². The number of hydrogen-bond donors (Lipinski definition) is 1. The number of nitrogens with zero attached hydrogens (tertiary/aromatic N) is 4. The van der Waals surface area contributed by atoms with E-state index in [1.807, 2.05) is 4.90 Å². The number of esters is 1. The van der Waals surface area contributed by atoms with Gasteiger partial charge in [-0.05, 0) is 30.7 Å². The number of benzene rings is 2. The maximum atomic E-state index is 13.1. The summed E-state index contributed by atoms with van der Waals surface area (Å²) in [5, 5.41) is 13.7. The van der Waals surface area contributed by atoms with Crippen LogP contribution in [0.1, 0.15) is 24.1 Å². The van der Waals surface area contributed by atoms with Gasteiger partial charge in [0.2, 0.25) is 11.9 Å². The summed E-state index contributed by atoms with van der Waals surface area (Å²) in [7, 11) is 0. The molecule has 2 aromatic rings. The summed E-state index contributed by atoms with van der Waals surface area (Å²) in [6.07, 6.45) is -4.44. The zero-order valence-corrected chi connectivity index (χ0v) is 19.8. The van der Waals surface area contributed by atoms with Gasteiger partial charge in [0.15, 0.2) is 5.92 Å². The summed E-state index contributed by atoms with van der Waals surface area (Å²) in [6, 6.07) is 9.56. The molecule has 2 heterocycles. The number of nitrogens with one attached hydrogen (secondary N) is 1. The lowest BCUT2D eigenvalue weighted by molar-refractivity contribution is -0.384. The molecule has 4 rings (SSSR count). The highest BCUT2D eigenvalue weighted by atomic mass is 19.4. The molecule has 0 bridgehead atoms. The molecule has 1 amide bonds. The first-order valence-corrected chi connectivity index (χ1v) is 11.5. The zero-order chi connectivity index (χ0) is 26.7.